The Morgan fingerprint density at radius 1 is 1.26 bits per heavy atom. The monoisotopic (exact) mass is 295 g/mol. The second-order valence-electron chi connectivity index (χ2n) is 3.99. The van der Waals surface area contributed by atoms with Gasteiger partial charge in [0.1, 0.15) is 11.6 Å². The Hall–Kier alpha value is -1.46. The lowest BCUT2D eigenvalue weighted by Gasteiger charge is -2.06. The summed E-state index contributed by atoms with van der Waals surface area (Å²) >= 11 is 5.81. The summed E-state index contributed by atoms with van der Waals surface area (Å²) in [5.74, 6) is 1.75. The molecule has 1 N–H and O–H groups in total. The van der Waals surface area contributed by atoms with Crippen LogP contribution in [0.3, 0.4) is 0 Å². The first-order chi connectivity index (χ1) is 9.08. The average Bonchev–Trinajstić information content (AvgIpc) is 2.38. The van der Waals surface area contributed by atoms with Gasteiger partial charge in [-0.05, 0) is 31.2 Å². The molecule has 0 aliphatic rings. The molecule has 0 bridgehead atoms. The van der Waals surface area contributed by atoms with E-state index in [9.17, 15) is 4.21 Å². The summed E-state index contributed by atoms with van der Waals surface area (Å²) in [6, 6.07) is 8.82. The third-order valence-electron chi connectivity index (χ3n) is 2.50. The van der Waals surface area contributed by atoms with E-state index in [4.69, 9.17) is 11.6 Å². The van der Waals surface area contributed by atoms with Gasteiger partial charge in [0.25, 0.3) is 0 Å². The van der Waals surface area contributed by atoms with Crippen LogP contribution in [0.15, 0.2) is 35.2 Å². The van der Waals surface area contributed by atoms with E-state index in [0.717, 1.165) is 16.4 Å². The molecule has 2 rings (SSSR count). The molecule has 0 saturated carbocycles. The number of hydrogen-bond acceptors (Lipinski definition) is 4. The van der Waals surface area contributed by atoms with Crippen molar-refractivity contribution < 1.29 is 4.21 Å². The zero-order valence-corrected chi connectivity index (χ0v) is 12.3. The van der Waals surface area contributed by atoms with Gasteiger partial charge in [-0.15, -0.1) is 0 Å². The smallest absolute Gasteiger partial charge is 0.129 e. The van der Waals surface area contributed by atoms with Crippen LogP contribution < -0.4 is 5.32 Å². The summed E-state index contributed by atoms with van der Waals surface area (Å²) in [5.41, 5.74) is 0.755. The number of benzene rings is 1. The maximum absolute atomic E-state index is 12.2. The molecule has 100 valence electrons. The Kier molecular flexibility index (Phi) is 4.50. The molecule has 1 heterocycles. The molecule has 0 aliphatic heterocycles. The average molecular weight is 296 g/mol. The second-order valence-corrected chi connectivity index (χ2v) is 5.87. The van der Waals surface area contributed by atoms with E-state index in [1.807, 2.05) is 6.92 Å². The van der Waals surface area contributed by atoms with Gasteiger partial charge in [-0.2, -0.15) is 0 Å². The summed E-state index contributed by atoms with van der Waals surface area (Å²) < 4.78 is 12.2. The number of nitrogens with zero attached hydrogens (tertiary/aromatic N) is 2. The van der Waals surface area contributed by atoms with Crippen molar-refractivity contribution in [1.82, 2.24) is 9.97 Å². The van der Waals surface area contributed by atoms with Crippen LogP contribution in [0.1, 0.15) is 11.5 Å². The number of aromatic nitrogens is 2. The lowest BCUT2D eigenvalue weighted by Crippen LogP contribution is -2.04. The Balaban J connectivity index is 2.18. The van der Waals surface area contributed by atoms with E-state index in [0.29, 0.717) is 16.6 Å². The summed E-state index contributed by atoms with van der Waals surface area (Å²) in [6.07, 6.45) is 0. The summed E-state index contributed by atoms with van der Waals surface area (Å²) in [6.45, 7) is 1.82. The third-order valence-corrected chi connectivity index (χ3v) is 4.11. The van der Waals surface area contributed by atoms with Crippen molar-refractivity contribution >= 4 is 28.2 Å². The molecule has 0 saturated heterocycles. The standard InChI is InChI=1S/C13H14ClN3OS/c1-9-16-11(7-13(15-2)17-9)8-19(18)12-5-3-10(14)4-6-12/h3-7H,8H2,1-2H3,(H,15,16,17). The van der Waals surface area contributed by atoms with E-state index >= 15 is 0 Å². The minimum atomic E-state index is -1.14. The zero-order valence-electron chi connectivity index (χ0n) is 10.7. The molecule has 0 amide bonds. The molecule has 6 heteroatoms. The molecular formula is C13H14ClN3OS. The van der Waals surface area contributed by atoms with Crippen molar-refractivity contribution in [3.05, 3.63) is 46.9 Å². The van der Waals surface area contributed by atoms with E-state index in [1.165, 1.54) is 0 Å². The van der Waals surface area contributed by atoms with Crippen molar-refractivity contribution in [3.8, 4) is 0 Å². The largest absolute Gasteiger partial charge is 0.373 e. The highest BCUT2D eigenvalue weighted by atomic mass is 35.5. The van der Waals surface area contributed by atoms with Crippen LogP contribution in [0.4, 0.5) is 5.82 Å². The molecule has 1 atom stereocenters. The fourth-order valence-corrected chi connectivity index (χ4v) is 2.78. The number of anilines is 1. The van der Waals surface area contributed by atoms with Crippen LogP contribution in [-0.2, 0) is 16.6 Å². The summed E-state index contributed by atoms with van der Waals surface area (Å²) in [5, 5.41) is 3.60. The Bertz CT molecular complexity index is 601. The molecule has 2 aromatic rings. The Morgan fingerprint density at radius 3 is 2.58 bits per heavy atom. The highest BCUT2D eigenvalue weighted by molar-refractivity contribution is 7.84. The Morgan fingerprint density at radius 2 is 1.95 bits per heavy atom. The lowest BCUT2D eigenvalue weighted by atomic mass is 10.4. The van der Waals surface area contributed by atoms with Crippen LogP contribution in [0, 0.1) is 6.92 Å². The van der Waals surface area contributed by atoms with Gasteiger partial charge in [-0.1, -0.05) is 11.6 Å². The molecule has 19 heavy (non-hydrogen) atoms. The van der Waals surface area contributed by atoms with E-state index < -0.39 is 10.8 Å². The van der Waals surface area contributed by atoms with Gasteiger partial charge < -0.3 is 5.32 Å². The SMILES string of the molecule is CNc1cc(CS(=O)c2ccc(Cl)cc2)nc(C)n1. The molecule has 1 unspecified atom stereocenters. The first-order valence-electron chi connectivity index (χ1n) is 5.75. The van der Waals surface area contributed by atoms with Crippen molar-refractivity contribution in [2.24, 2.45) is 0 Å². The zero-order chi connectivity index (χ0) is 13.8. The van der Waals surface area contributed by atoms with Gasteiger partial charge in [0.05, 0.1) is 22.2 Å². The maximum Gasteiger partial charge on any atom is 0.129 e. The van der Waals surface area contributed by atoms with Crippen LogP contribution in [-0.4, -0.2) is 21.2 Å². The predicted octanol–water partition coefficient (Wildman–Crippen LogP) is 2.79. The van der Waals surface area contributed by atoms with Crippen LogP contribution in [0.5, 0.6) is 0 Å². The van der Waals surface area contributed by atoms with Crippen molar-refractivity contribution in [2.45, 2.75) is 17.6 Å². The molecule has 1 aromatic heterocycles. The third kappa shape index (κ3) is 3.75. The van der Waals surface area contributed by atoms with Crippen molar-refractivity contribution in [1.29, 1.82) is 0 Å². The molecule has 1 aromatic carbocycles. The number of hydrogen-bond donors (Lipinski definition) is 1. The molecule has 0 spiro atoms. The fourth-order valence-electron chi connectivity index (χ4n) is 1.64. The highest BCUT2D eigenvalue weighted by Gasteiger charge is 2.08. The van der Waals surface area contributed by atoms with E-state index in [-0.39, 0.29) is 0 Å². The number of aryl methyl sites for hydroxylation is 1. The lowest BCUT2D eigenvalue weighted by molar-refractivity contribution is 0.682. The van der Waals surface area contributed by atoms with Gasteiger partial charge in [0, 0.05) is 23.0 Å². The van der Waals surface area contributed by atoms with Gasteiger partial charge in [-0.3, -0.25) is 4.21 Å². The minimum absolute atomic E-state index is 0.361. The van der Waals surface area contributed by atoms with Crippen LogP contribution in [0.25, 0.3) is 0 Å². The van der Waals surface area contributed by atoms with Crippen LogP contribution in [0.2, 0.25) is 5.02 Å². The minimum Gasteiger partial charge on any atom is -0.373 e. The molecule has 0 aliphatic carbocycles. The second kappa shape index (κ2) is 6.12. The van der Waals surface area contributed by atoms with Gasteiger partial charge >= 0.3 is 0 Å². The summed E-state index contributed by atoms with van der Waals surface area (Å²) in [4.78, 5) is 9.24. The first kappa shape index (κ1) is 14.0. The number of nitrogens with one attached hydrogen (secondary N) is 1. The molecule has 0 fully saturated rings. The topological polar surface area (TPSA) is 54.9 Å². The van der Waals surface area contributed by atoms with E-state index in [1.54, 1.807) is 37.4 Å². The number of rotatable bonds is 4. The quantitative estimate of drug-likeness (QED) is 0.942. The fraction of sp³-hybridized carbons (Fsp3) is 0.231. The van der Waals surface area contributed by atoms with Gasteiger partial charge in [0.2, 0.25) is 0 Å². The van der Waals surface area contributed by atoms with Gasteiger partial charge in [0.15, 0.2) is 0 Å². The van der Waals surface area contributed by atoms with Gasteiger partial charge in [-0.25, -0.2) is 9.97 Å². The van der Waals surface area contributed by atoms with Crippen molar-refractivity contribution in [2.75, 3.05) is 12.4 Å². The van der Waals surface area contributed by atoms with E-state index in [2.05, 4.69) is 15.3 Å². The maximum atomic E-state index is 12.2. The predicted molar refractivity (Wildman–Crippen MR) is 77.9 cm³/mol. The molecule has 0 radical (unpaired) electrons. The molecule has 4 nitrogen and oxygen atoms in total. The van der Waals surface area contributed by atoms with Crippen LogP contribution >= 0.6 is 11.6 Å². The van der Waals surface area contributed by atoms with Crippen molar-refractivity contribution in [3.63, 3.8) is 0 Å². The highest BCUT2D eigenvalue weighted by Crippen LogP contribution is 2.16. The number of halogens is 1. The Labute approximate surface area is 119 Å². The first-order valence-corrected chi connectivity index (χ1v) is 7.44. The summed E-state index contributed by atoms with van der Waals surface area (Å²) in [7, 11) is 0.655. The molecular weight excluding hydrogens is 282 g/mol. The normalized spacial score (nSPS) is 12.2.